The van der Waals surface area contributed by atoms with Gasteiger partial charge >= 0.3 is 0 Å². The summed E-state index contributed by atoms with van der Waals surface area (Å²) in [6.07, 6.45) is 0.833. The molecule has 0 aromatic heterocycles. The van der Waals surface area contributed by atoms with E-state index in [0.717, 1.165) is 17.7 Å². The predicted molar refractivity (Wildman–Crippen MR) is 73.2 cm³/mol. The second kappa shape index (κ2) is 5.96. The Morgan fingerprint density at radius 1 is 1.35 bits per heavy atom. The van der Waals surface area contributed by atoms with Gasteiger partial charge in [0.2, 0.25) is 0 Å². The van der Waals surface area contributed by atoms with E-state index >= 15 is 0 Å². The lowest BCUT2D eigenvalue weighted by molar-refractivity contribution is 0.234. The Balaban J connectivity index is 2.79. The fraction of sp³-hybridized carbons (Fsp3) is 0.462. The molecule has 0 aliphatic heterocycles. The summed E-state index contributed by atoms with van der Waals surface area (Å²) in [5.74, 6) is 0.907. The smallest absolute Gasteiger partial charge is 0.278 e. The first-order chi connectivity index (χ1) is 7.97. The molecule has 0 spiro atoms. The summed E-state index contributed by atoms with van der Waals surface area (Å²) < 4.78 is 5.27. The van der Waals surface area contributed by atoms with Gasteiger partial charge in [-0.25, -0.2) is 0 Å². The van der Waals surface area contributed by atoms with Gasteiger partial charge in [-0.05, 0) is 43.0 Å². The number of rotatable bonds is 4. The van der Waals surface area contributed by atoms with Gasteiger partial charge in [0.1, 0.15) is 5.75 Å². The average molecular weight is 253 g/mol. The highest BCUT2D eigenvalue weighted by atomic mass is 32.1. The maximum absolute atomic E-state index is 11.0. The van der Waals surface area contributed by atoms with Crippen molar-refractivity contribution in [2.45, 2.75) is 20.3 Å². The van der Waals surface area contributed by atoms with Crippen LogP contribution in [0.4, 0.5) is 4.79 Å². The number of nitrogens with zero attached hydrogens (tertiary/aromatic N) is 1. The second-order valence-electron chi connectivity index (χ2n) is 4.13. The molecule has 1 aromatic rings. The number of amides is 1. The normalized spacial score (nSPS) is 10.2. The third-order valence-corrected chi connectivity index (χ3v) is 3.45. The van der Waals surface area contributed by atoms with E-state index in [1.165, 1.54) is 11.1 Å². The van der Waals surface area contributed by atoms with Crippen molar-refractivity contribution in [3.63, 3.8) is 0 Å². The van der Waals surface area contributed by atoms with Crippen molar-refractivity contribution in [1.82, 2.24) is 4.90 Å². The molecule has 1 rings (SSSR count). The maximum Gasteiger partial charge on any atom is 0.278 e. The topological polar surface area (TPSA) is 29.5 Å². The molecule has 1 aromatic carbocycles. The van der Waals surface area contributed by atoms with Gasteiger partial charge in [-0.15, -0.1) is 0 Å². The lowest BCUT2D eigenvalue weighted by atomic mass is 10.00. The SMILES string of the molecule is COc1ccc(CCN(C)C(=O)S)c(C)c1C. The fourth-order valence-corrected chi connectivity index (χ4v) is 1.83. The van der Waals surface area contributed by atoms with Gasteiger partial charge in [-0.2, -0.15) is 0 Å². The Morgan fingerprint density at radius 3 is 2.53 bits per heavy atom. The number of hydrogen-bond acceptors (Lipinski definition) is 2. The van der Waals surface area contributed by atoms with E-state index in [0.29, 0.717) is 6.54 Å². The molecule has 0 fully saturated rings. The number of ether oxygens (including phenoxy) is 1. The van der Waals surface area contributed by atoms with Crippen LogP contribution < -0.4 is 4.74 Å². The van der Waals surface area contributed by atoms with E-state index in [2.05, 4.69) is 25.6 Å². The van der Waals surface area contributed by atoms with Crippen molar-refractivity contribution in [3.05, 3.63) is 28.8 Å². The maximum atomic E-state index is 11.0. The first kappa shape index (κ1) is 13.9. The van der Waals surface area contributed by atoms with E-state index in [9.17, 15) is 4.79 Å². The largest absolute Gasteiger partial charge is 0.496 e. The quantitative estimate of drug-likeness (QED) is 0.836. The predicted octanol–water partition coefficient (Wildman–Crippen LogP) is 2.84. The molecule has 17 heavy (non-hydrogen) atoms. The van der Waals surface area contributed by atoms with E-state index < -0.39 is 0 Å². The number of hydrogen-bond donors (Lipinski definition) is 1. The molecular formula is C13H19NO2S. The number of likely N-dealkylation sites (N-methyl/N-ethyl adjacent to an activating group) is 1. The molecule has 0 aliphatic rings. The summed E-state index contributed by atoms with van der Waals surface area (Å²) in [5, 5.41) is -0.201. The summed E-state index contributed by atoms with van der Waals surface area (Å²) in [4.78, 5) is 12.6. The first-order valence-electron chi connectivity index (χ1n) is 5.54. The summed E-state index contributed by atoms with van der Waals surface area (Å²) >= 11 is 3.78. The Bertz CT molecular complexity index is 418. The molecule has 0 unspecified atom stereocenters. The molecule has 0 heterocycles. The van der Waals surface area contributed by atoms with Crippen molar-refractivity contribution in [2.24, 2.45) is 0 Å². The Morgan fingerprint density at radius 2 is 2.00 bits per heavy atom. The summed E-state index contributed by atoms with van der Waals surface area (Å²) in [5.41, 5.74) is 3.62. The zero-order chi connectivity index (χ0) is 13.0. The number of methoxy groups -OCH3 is 1. The Hall–Kier alpha value is -1.16. The van der Waals surface area contributed by atoms with Crippen LogP contribution in [0.3, 0.4) is 0 Å². The zero-order valence-corrected chi connectivity index (χ0v) is 11.7. The lowest BCUT2D eigenvalue weighted by Gasteiger charge is -2.16. The van der Waals surface area contributed by atoms with Crippen molar-refractivity contribution >= 4 is 17.9 Å². The number of benzene rings is 1. The fourth-order valence-electron chi connectivity index (χ4n) is 1.73. The molecule has 94 valence electrons. The molecule has 0 radical (unpaired) electrons. The van der Waals surface area contributed by atoms with Crippen molar-refractivity contribution in [1.29, 1.82) is 0 Å². The second-order valence-corrected chi connectivity index (χ2v) is 4.51. The molecule has 0 N–H and O–H groups in total. The standard InChI is InChI=1S/C13H19NO2S/c1-9-10(2)12(16-4)6-5-11(9)7-8-14(3)13(15)17/h5-6H,7-8H2,1-4H3,(H,15,17). The van der Waals surface area contributed by atoms with Crippen molar-refractivity contribution in [3.8, 4) is 5.75 Å². The third-order valence-electron chi connectivity index (χ3n) is 3.11. The van der Waals surface area contributed by atoms with Crippen LogP contribution in [-0.2, 0) is 6.42 Å². The van der Waals surface area contributed by atoms with Gasteiger partial charge in [-0.3, -0.25) is 4.79 Å². The zero-order valence-electron chi connectivity index (χ0n) is 10.8. The van der Waals surface area contributed by atoms with Crippen LogP contribution in [-0.4, -0.2) is 30.8 Å². The number of carbonyl (C=O) groups excluding carboxylic acids is 1. The summed E-state index contributed by atoms with van der Waals surface area (Å²) in [6, 6.07) is 4.03. The van der Waals surface area contributed by atoms with Gasteiger partial charge in [0.25, 0.3) is 5.24 Å². The van der Waals surface area contributed by atoms with Crippen LogP contribution in [0.5, 0.6) is 5.75 Å². The molecule has 0 atom stereocenters. The van der Waals surface area contributed by atoms with Gasteiger partial charge in [0, 0.05) is 13.6 Å². The number of carbonyl (C=O) groups is 1. The highest BCUT2D eigenvalue weighted by Crippen LogP contribution is 2.24. The van der Waals surface area contributed by atoms with Crippen LogP contribution in [0.15, 0.2) is 12.1 Å². The third kappa shape index (κ3) is 3.40. The van der Waals surface area contributed by atoms with Gasteiger partial charge in [0.05, 0.1) is 7.11 Å². The van der Waals surface area contributed by atoms with Gasteiger partial charge in [-0.1, -0.05) is 18.7 Å². The molecule has 0 saturated carbocycles. The molecule has 4 heteroatoms. The Kier molecular flexibility index (Phi) is 4.87. The molecular weight excluding hydrogens is 234 g/mol. The molecule has 0 bridgehead atoms. The minimum absolute atomic E-state index is 0.201. The molecule has 0 saturated heterocycles. The minimum Gasteiger partial charge on any atom is -0.496 e. The highest BCUT2D eigenvalue weighted by Gasteiger charge is 2.08. The molecule has 3 nitrogen and oxygen atoms in total. The number of thiol groups is 1. The van der Waals surface area contributed by atoms with E-state index in [1.54, 1.807) is 19.1 Å². The van der Waals surface area contributed by atoms with Gasteiger partial charge in [0.15, 0.2) is 0 Å². The lowest BCUT2D eigenvalue weighted by Crippen LogP contribution is -2.23. The first-order valence-corrected chi connectivity index (χ1v) is 5.99. The van der Waals surface area contributed by atoms with Gasteiger partial charge < -0.3 is 9.64 Å². The van der Waals surface area contributed by atoms with Crippen molar-refractivity contribution in [2.75, 3.05) is 20.7 Å². The van der Waals surface area contributed by atoms with Crippen LogP contribution in [0, 0.1) is 13.8 Å². The molecule has 1 amide bonds. The van der Waals surface area contributed by atoms with E-state index in [-0.39, 0.29) is 5.24 Å². The van der Waals surface area contributed by atoms with Crippen molar-refractivity contribution < 1.29 is 9.53 Å². The highest BCUT2D eigenvalue weighted by molar-refractivity contribution is 7.96. The monoisotopic (exact) mass is 253 g/mol. The van der Waals surface area contributed by atoms with Crippen LogP contribution in [0.1, 0.15) is 16.7 Å². The minimum atomic E-state index is -0.201. The van der Waals surface area contributed by atoms with Crippen LogP contribution >= 0.6 is 12.6 Å². The van der Waals surface area contributed by atoms with Crippen LogP contribution in [0.2, 0.25) is 0 Å². The van der Waals surface area contributed by atoms with Crippen LogP contribution in [0.25, 0.3) is 0 Å². The Labute approximate surface area is 108 Å². The summed E-state index contributed by atoms with van der Waals surface area (Å²) in [7, 11) is 3.43. The van der Waals surface area contributed by atoms with E-state index in [4.69, 9.17) is 4.74 Å². The summed E-state index contributed by atoms with van der Waals surface area (Å²) in [6.45, 7) is 4.80. The molecule has 0 aliphatic carbocycles. The van der Waals surface area contributed by atoms with E-state index in [1.807, 2.05) is 13.0 Å². The average Bonchev–Trinajstić information content (AvgIpc) is 2.30.